The highest BCUT2D eigenvalue weighted by Gasteiger charge is 2.72. The quantitative estimate of drug-likeness (QED) is 0.707. The van der Waals surface area contributed by atoms with E-state index in [1.54, 1.807) is 0 Å². The topological polar surface area (TPSA) is 82.1 Å². The number of rotatable bonds is 3. The van der Waals surface area contributed by atoms with Crippen molar-refractivity contribution in [1.29, 1.82) is 0 Å². The zero-order chi connectivity index (χ0) is 22.9. The minimum atomic E-state index is -1.19. The lowest BCUT2D eigenvalue weighted by Gasteiger charge is -2.62. The first-order valence-electron chi connectivity index (χ1n) is 12.6. The molecule has 6 heteroatoms. The van der Waals surface area contributed by atoms with E-state index in [0.29, 0.717) is 44.1 Å². The lowest BCUT2D eigenvalue weighted by atomic mass is 9.45. The molecule has 6 nitrogen and oxygen atoms in total. The van der Waals surface area contributed by atoms with E-state index in [0.717, 1.165) is 25.7 Å². The molecule has 0 radical (unpaired) electrons. The van der Waals surface area contributed by atoms with Crippen LogP contribution in [0.1, 0.15) is 79.1 Å². The van der Waals surface area contributed by atoms with Crippen molar-refractivity contribution in [3.63, 3.8) is 0 Å². The summed E-state index contributed by atoms with van der Waals surface area (Å²) in [6, 6.07) is 0. The lowest BCUT2D eigenvalue weighted by molar-refractivity contribution is -0.430. The Morgan fingerprint density at radius 3 is 2.66 bits per heavy atom. The van der Waals surface area contributed by atoms with Crippen LogP contribution >= 0.6 is 0 Å². The molecule has 1 heterocycles. The van der Waals surface area contributed by atoms with Crippen molar-refractivity contribution in [3.8, 4) is 0 Å². The molecule has 0 bridgehead atoms. The van der Waals surface area contributed by atoms with Crippen LogP contribution in [0.5, 0.6) is 0 Å². The van der Waals surface area contributed by atoms with Crippen molar-refractivity contribution in [1.82, 2.24) is 0 Å². The van der Waals surface area contributed by atoms with E-state index in [2.05, 4.69) is 13.8 Å². The molecule has 4 aliphatic carbocycles. The summed E-state index contributed by atoms with van der Waals surface area (Å²) in [6.45, 7) is 8.72. The van der Waals surface area contributed by atoms with E-state index in [1.807, 2.05) is 19.9 Å². The molecule has 178 valence electrons. The molecule has 1 saturated heterocycles. The summed E-state index contributed by atoms with van der Waals surface area (Å²) in [4.78, 5) is 25.5. The first-order chi connectivity index (χ1) is 15.1. The first-order valence-corrected chi connectivity index (χ1v) is 12.6. The Bertz CT molecular complexity index is 851. The molecule has 4 fully saturated rings. The maximum atomic E-state index is 13.4. The van der Waals surface area contributed by atoms with Crippen molar-refractivity contribution in [2.24, 2.45) is 28.6 Å². The molecular formula is C26H38O6. The number of hydrogen-bond acceptors (Lipinski definition) is 6. The van der Waals surface area contributed by atoms with Crippen molar-refractivity contribution >= 4 is 11.6 Å². The second-order valence-corrected chi connectivity index (χ2v) is 11.2. The number of ketones is 2. The molecule has 1 unspecified atom stereocenters. The second-order valence-electron chi connectivity index (χ2n) is 11.2. The highest BCUT2D eigenvalue weighted by atomic mass is 16.9. The SMILES string of the molecule is CCOC1(CC)OCC(=O)[C@]2(CC[C@H]3[C@@H]4CCC5=CC(=O)CC[C@]5(C)[C@H]4[C@@H](O)C[C@@]32C)O1. The highest BCUT2D eigenvalue weighted by molar-refractivity contribution is 5.92. The molecular weight excluding hydrogens is 408 g/mol. The molecule has 3 saturated carbocycles. The van der Waals surface area contributed by atoms with E-state index in [4.69, 9.17) is 14.2 Å². The fraction of sp³-hybridized carbons (Fsp3) is 0.846. The smallest absolute Gasteiger partial charge is 0.283 e. The maximum Gasteiger partial charge on any atom is 0.283 e. The third-order valence-corrected chi connectivity index (χ3v) is 10.0. The zero-order valence-corrected chi connectivity index (χ0v) is 19.9. The van der Waals surface area contributed by atoms with E-state index < -0.39 is 23.1 Å². The minimum absolute atomic E-state index is 0.00689. The van der Waals surface area contributed by atoms with Gasteiger partial charge in [-0.1, -0.05) is 26.3 Å². The van der Waals surface area contributed by atoms with Crippen LogP contribution in [0, 0.1) is 28.6 Å². The normalized spacial score (nSPS) is 50.6. The fourth-order valence-electron chi connectivity index (χ4n) is 8.51. The van der Waals surface area contributed by atoms with Gasteiger partial charge < -0.3 is 19.3 Å². The number of fused-ring (bicyclic) bond motifs is 6. The standard InChI is InChI=1S/C26H38O6/c1-5-26(30-6-2)31-15-21(29)25(32-26)12-10-19-18-8-7-16-13-17(27)9-11-23(16,3)22(18)20(28)14-24(19,25)4/h13,18-20,22,28H,5-12,14-15H2,1-4H3/t18-,19-,20-,22+,23-,24-,25-,26?/m0/s1. The van der Waals surface area contributed by atoms with Crippen molar-refractivity contribution in [2.45, 2.75) is 96.7 Å². The van der Waals surface area contributed by atoms with Gasteiger partial charge in [0.15, 0.2) is 11.6 Å². The summed E-state index contributed by atoms with van der Waals surface area (Å²) in [5, 5.41) is 11.6. The van der Waals surface area contributed by atoms with Gasteiger partial charge in [0.25, 0.3) is 5.97 Å². The Morgan fingerprint density at radius 1 is 1.16 bits per heavy atom. The summed E-state index contributed by atoms with van der Waals surface area (Å²) in [5.74, 6) is -0.241. The summed E-state index contributed by atoms with van der Waals surface area (Å²) in [5.41, 5.74) is -0.349. The Kier molecular flexibility index (Phi) is 5.29. The highest BCUT2D eigenvalue weighted by Crippen LogP contribution is 2.69. The van der Waals surface area contributed by atoms with E-state index in [-0.39, 0.29) is 29.5 Å². The molecule has 1 aliphatic heterocycles. The number of hydrogen-bond donors (Lipinski definition) is 1. The molecule has 0 aromatic heterocycles. The van der Waals surface area contributed by atoms with Crippen LogP contribution in [0.3, 0.4) is 0 Å². The predicted octanol–water partition coefficient (Wildman–Crippen LogP) is 3.94. The Morgan fingerprint density at radius 2 is 1.94 bits per heavy atom. The summed E-state index contributed by atoms with van der Waals surface area (Å²) >= 11 is 0. The van der Waals surface area contributed by atoms with Crippen LogP contribution in [0.4, 0.5) is 0 Å². The van der Waals surface area contributed by atoms with Crippen molar-refractivity contribution in [2.75, 3.05) is 13.2 Å². The Hall–Kier alpha value is -1.08. The largest absolute Gasteiger partial charge is 0.393 e. The molecule has 0 amide bonds. The van der Waals surface area contributed by atoms with Crippen molar-refractivity contribution in [3.05, 3.63) is 11.6 Å². The number of aliphatic hydroxyl groups excluding tert-OH is 1. The first kappa shape index (κ1) is 22.7. The number of ether oxygens (including phenoxy) is 3. The van der Waals surface area contributed by atoms with Crippen LogP contribution in [0.25, 0.3) is 0 Å². The second kappa shape index (κ2) is 7.46. The molecule has 5 rings (SSSR count). The number of carbonyl (C=O) groups excluding carboxylic acids is 2. The van der Waals surface area contributed by atoms with Gasteiger partial charge in [-0.05, 0) is 74.7 Å². The van der Waals surface area contributed by atoms with Crippen LogP contribution < -0.4 is 0 Å². The van der Waals surface area contributed by atoms with Gasteiger partial charge in [0.2, 0.25) is 0 Å². The number of allylic oxidation sites excluding steroid dienone is 1. The Labute approximate surface area is 191 Å². The van der Waals surface area contributed by atoms with Gasteiger partial charge in [-0.25, -0.2) is 0 Å². The third kappa shape index (κ3) is 2.85. The van der Waals surface area contributed by atoms with Crippen LogP contribution in [0.2, 0.25) is 0 Å². The summed E-state index contributed by atoms with van der Waals surface area (Å²) in [7, 11) is 0. The molecule has 8 atom stereocenters. The van der Waals surface area contributed by atoms with Crippen LogP contribution in [-0.4, -0.2) is 47.6 Å². The molecule has 0 aromatic rings. The van der Waals surface area contributed by atoms with Gasteiger partial charge >= 0.3 is 0 Å². The zero-order valence-electron chi connectivity index (χ0n) is 19.9. The predicted molar refractivity (Wildman–Crippen MR) is 118 cm³/mol. The molecule has 32 heavy (non-hydrogen) atoms. The molecule has 1 spiro atoms. The van der Waals surface area contributed by atoms with Crippen LogP contribution in [-0.2, 0) is 23.8 Å². The van der Waals surface area contributed by atoms with Gasteiger partial charge in [-0.2, -0.15) is 0 Å². The minimum Gasteiger partial charge on any atom is -0.393 e. The number of carbonyl (C=O) groups is 2. The van der Waals surface area contributed by atoms with E-state index in [1.165, 1.54) is 5.57 Å². The van der Waals surface area contributed by atoms with Gasteiger partial charge in [-0.3, -0.25) is 9.59 Å². The lowest BCUT2D eigenvalue weighted by Crippen LogP contribution is -2.67. The van der Waals surface area contributed by atoms with Gasteiger partial charge in [0.05, 0.1) is 6.10 Å². The summed E-state index contributed by atoms with van der Waals surface area (Å²) < 4.78 is 18.3. The molecule has 0 aromatic carbocycles. The van der Waals surface area contributed by atoms with Crippen LogP contribution in [0.15, 0.2) is 11.6 Å². The van der Waals surface area contributed by atoms with Gasteiger partial charge in [-0.15, -0.1) is 0 Å². The maximum absolute atomic E-state index is 13.4. The Balaban J connectivity index is 1.52. The average Bonchev–Trinajstić information content (AvgIpc) is 3.03. The van der Waals surface area contributed by atoms with E-state index in [9.17, 15) is 14.7 Å². The third-order valence-electron chi connectivity index (χ3n) is 10.0. The molecule has 5 aliphatic rings. The number of aliphatic hydroxyl groups is 1. The fourth-order valence-corrected chi connectivity index (χ4v) is 8.51. The molecule has 1 N–H and O–H groups in total. The van der Waals surface area contributed by atoms with Gasteiger partial charge in [0, 0.05) is 24.9 Å². The summed E-state index contributed by atoms with van der Waals surface area (Å²) in [6.07, 6.45) is 7.19. The number of Topliss-reactive ketones (excluding diaryl/α,β-unsaturated/α-hetero) is 1. The average molecular weight is 447 g/mol. The monoisotopic (exact) mass is 446 g/mol. The van der Waals surface area contributed by atoms with E-state index >= 15 is 0 Å². The van der Waals surface area contributed by atoms with Gasteiger partial charge in [0.1, 0.15) is 12.2 Å². The van der Waals surface area contributed by atoms with Crippen molar-refractivity contribution < 1.29 is 28.9 Å².